The molecule has 0 amide bonds. The van der Waals surface area contributed by atoms with Crippen LogP contribution in [-0.4, -0.2) is 18.0 Å². The van der Waals surface area contributed by atoms with Gasteiger partial charge in [-0.25, -0.2) is 0 Å². The number of Topliss-reactive ketones (excluding diaryl/α,β-unsaturated/α-hetero) is 1. The van der Waals surface area contributed by atoms with Gasteiger partial charge in [0.1, 0.15) is 5.75 Å². The summed E-state index contributed by atoms with van der Waals surface area (Å²) in [5.74, 6) is 1.72. The number of nitrogens with zero attached hydrogens (tertiary/aromatic N) is 1. The van der Waals surface area contributed by atoms with E-state index in [2.05, 4.69) is 16.5 Å². The smallest absolute Gasteiger partial charge is 0.233 e. The molecule has 2 aliphatic rings. The molecule has 0 radical (unpaired) electrons. The van der Waals surface area contributed by atoms with E-state index in [1.807, 2.05) is 42.6 Å². The van der Waals surface area contributed by atoms with Crippen LogP contribution in [-0.2, 0) is 4.79 Å². The summed E-state index contributed by atoms with van der Waals surface area (Å²) in [6.07, 6.45) is 1.28. The number of aryl methyl sites for hydroxylation is 1. The Morgan fingerprint density at radius 1 is 1.21 bits per heavy atom. The Bertz CT molecular complexity index is 1060. The van der Waals surface area contributed by atoms with E-state index in [9.17, 15) is 4.79 Å². The molecule has 0 spiro atoms. The van der Waals surface area contributed by atoms with Gasteiger partial charge in [-0.1, -0.05) is 23.4 Å². The zero-order valence-corrected chi connectivity index (χ0v) is 16.5. The monoisotopic (exact) mass is 392 g/mol. The van der Waals surface area contributed by atoms with Crippen molar-refractivity contribution in [3.05, 3.63) is 74.7 Å². The number of aromatic nitrogens is 1. The van der Waals surface area contributed by atoms with Gasteiger partial charge in [-0.15, -0.1) is 11.3 Å². The number of allylic oxidation sites excluding steroid dienone is 2. The minimum absolute atomic E-state index is 0.0955. The Morgan fingerprint density at radius 3 is 2.75 bits per heavy atom. The van der Waals surface area contributed by atoms with Crippen LogP contribution in [0.2, 0.25) is 0 Å². The van der Waals surface area contributed by atoms with E-state index >= 15 is 0 Å². The van der Waals surface area contributed by atoms with Crippen LogP contribution in [0.5, 0.6) is 5.75 Å². The normalized spacial score (nSPS) is 21.1. The molecule has 0 unspecified atom stereocenters. The third kappa shape index (κ3) is 2.67. The van der Waals surface area contributed by atoms with Crippen molar-refractivity contribution in [2.24, 2.45) is 0 Å². The number of benzene rings is 1. The lowest BCUT2D eigenvalue weighted by atomic mass is 9.74. The van der Waals surface area contributed by atoms with E-state index in [0.29, 0.717) is 12.3 Å². The Balaban J connectivity index is 1.56. The minimum Gasteiger partial charge on any atom is -0.497 e. The number of thiophene rings is 1. The van der Waals surface area contributed by atoms with Gasteiger partial charge in [-0.2, -0.15) is 0 Å². The summed E-state index contributed by atoms with van der Waals surface area (Å²) in [5, 5.41) is 9.58. The first-order chi connectivity index (χ1) is 13.7. The number of rotatable bonds is 3. The van der Waals surface area contributed by atoms with Crippen molar-refractivity contribution in [2.45, 2.75) is 31.6 Å². The number of fused-ring (bicyclic) bond motifs is 1. The molecule has 0 saturated carbocycles. The summed E-state index contributed by atoms with van der Waals surface area (Å²) >= 11 is 1.67. The summed E-state index contributed by atoms with van der Waals surface area (Å²) in [6, 6.07) is 12.1. The molecule has 142 valence electrons. The summed E-state index contributed by atoms with van der Waals surface area (Å²) in [5.41, 5.74) is 4.79. The lowest BCUT2D eigenvalue weighted by Gasteiger charge is -2.34. The van der Waals surface area contributed by atoms with Gasteiger partial charge in [0.05, 0.1) is 24.3 Å². The number of nitrogens with one attached hydrogen (secondary N) is 1. The van der Waals surface area contributed by atoms with Gasteiger partial charge in [0, 0.05) is 22.6 Å². The number of methoxy groups -OCH3 is 1. The van der Waals surface area contributed by atoms with Crippen molar-refractivity contribution in [2.75, 3.05) is 12.4 Å². The van der Waals surface area contributed by atoms with E-state index in [-0.39, 0.29) is 17.6 Å². The molecule has 0 bridgehead atoms. The predicted octanol–water partition coefficient (Wildman–Crippen LogP) is 5.01. The zero-order valence-electron chi connectivity index (χ0n) is 15.7. The van der Waals surface area contributed by atoms with Crippen molar-refractivity contribution in [1.29, 1.82) is 0 Å². The Hall–Kier alpha value is -2.86. The van der Waals surface area contributed by atoms with Crippen LogP contribution in [0.1, 0.15) is 46.4 Å². The van der Waals surface area contributed by atoms with Gasteiger partial charge in [-0.05, 0) is 48.4 Å². The fourth-order valence-corrected chi connectivity index (χ4v) is 5.17. The van der Waals surface area contributed by atoms with Crippen molar-refractivity contribution in [3.8, 4) is 5.75 Å². The maximum absolute atomic E-state index is 13.3. The number of carbonyl (C=O) groups is 1. The van der Waals surface area contributed by atoms with Crippen LogP contribution in [0.3, 0.4) is 0 Å². The van der Waals surface area contributed by atoms with E-state index in [4.69, 9.17) is 9.26 Å². The number of ether oxygens (including phenoxy) is 1. The fraction of sp³-hybridized carbons (Fsp3) is 0.273. The van der Waals surface area contributed by atoms with Gasteiger partial charge in [0.2, 0.25) is 5.88 Å². The molecule has 1 aliphatic heterocycles. The highest BCUT2D eigenvalue weighted by molar-refractivity contribution is 7.10. The Kier molecular flexibility index (Phi) is 4.09. The summed E-state index contributed by atoms with van der Waals surface area (Å²) < 4.78 is 10.8. The first kappa shape index (κ1) is 17.3. The Labute approximate surface area is 167 Å². The number of hydrogen-bond donors (Lipinski definition) is 1. The van der Waals surface area contributed by atoms with E-state index < -0.39 is 0 Å². The molecule has 6 heteroatoms. The third-order valence-electron chi connectivity index (χ3n) is 5.67. The molecule has 1 aromatic carbocycles. The number of hydrogen-bond acceptors (Lipinski definition) is 6. The quantitative estimate of drug-likeness (QED) is 0.679. The molecular formula is C22H20N2O3S. The molecule has 1 N–H and O–H groups in total. The third-order valence-corrected chi connectivity index (χ3v) is 6.61. The molecule has 3 heterocycles. The molecule has 0 fully saturated rings. The van der Waals surface area contributed by atoms with E-state index in [1.54, 1.807) is 18.4 Å². The molecular weight excluding hydrogens is 372 g/mol. The second-order valence-electron chi connectivity index (χ2n) is 7.28. The topological polar surface area (TPSA) is 64.4 Å². The average Bonchev–Trinajstić information content (AvgIpc) is 3.37. The van der Waals surface area contributed by atoms with Gasteiger partial charge in [-0.3, -0.25) is 4.79 Å². The van der Waals surface area contributed by atoms with Gasteiger partial charge in [0.25, 0.3) is 0 Å². The number of ketones is 1. The lowest BCUT2D eigenvalue weighted by Crippen LogP contribution is -2.29. The molecule has 5 nitrogen and oxygen atoms in total. The first-order valence-corrected chi connectivity index (χ1v) is 10.2. The van der Waals surface area contributed by atoms with Gasteiger partial charge in [0.15, 0.2) is 5.78 Å². The highest BCUT2D eigenvalue weighted by Gasteiger charge is 2.41. The molecule has 5 rings (SSSR count). The lowest BCUT2D eigenvalue weighted by molar-refractivity contribution is -0.116. The summed E-state index contributed by atoms with van der Waals surface area (Å²) in [7, 11) is 1.66. The fourth-order valence-electron chi connectivity index (χ4n) is 4.32. The van der Waals surface area contributed by atoms with Crippen molar-refractivity contribution < 1.29 is 14.1 Å². The Morgan fingerprint density at radius 2 is 2.04 bits per heavy atom. The zero-order chi connectivity index (χ0) is 19.3. The molecule has 2 aromatic heterocycles. The average molecular weight is 392 g/mol. The second-order valence-corrected chi connectivity index (χ2v) is 8.26. The first-order valence-electron chi connectivity index (χ1n) is 9.32. The van der Waals surface area contributed by atoms with Crippen LogP contribution in [0, 0.1) is 6.92 Å². The molecule has 2 atom stereocenters. The van der Waals surface area contributed by atoms with Gasteiger partial charge < -0.3 is 14.6 Å². The molecule has 0 saturated heterocycles. The largest absolute Gasteiger partial charge is 0.497 e. The van der Waals surface area contributed by atoms with Crippen LogP contribution < -0.4 is 10.1 Å². The van der Waals surface area contributed by atoms with Crippen LogP contribution >= 0.6 is 11.3 Å². The predicted molar refractivity (Wildman–Crippen MR) is 108 cm³/mol. The SMILES string of the molecule is COc1ccc([C@@H]2CC(=O)C3=C(C2)Nc2onc(C)c2[C@H]3c2cccs2)cc1. The highest BCUT2D eigenvalue weighted by Crippen LogP contribution is 2.49. The van der Waals surface area contributed by atoms with Gasteiger partial charge >= 0.3 is 0 Å². The van der Waals surface area contributed by atoms with Crippen LogP contribution in [0.25, 0.3) is 0 Å². The minimum atomic E-state index is -0.0955. The van der Waals surface area contributed by atoms with Crippen LogP contribution in [0.15, 0.2) is 57.6 Å². The van der Waals surface area contributed by atoms with Crippen LogP contribution in [0.4, 0.5) is 5.88 Å². The second kappa shape index (κ2) is 6.63. The maximum atomic E-state index is 13.3. The summed E-state index contributed by atoms with van der Waals surface area (Å²) in [6.45, 7) is 1.93. The van der Waals surface area contributed by atoms with Crippen molar-refractivity contribution >= 4 is 23.0 Å². The molecule has 3 aromatic rings. The van der Waals surface area contributed by atoms with E-state index in [0.717, 1.165) is 45.1 Å². The maximum Gasteiger partial charge on any atom is 0.233 e. The summed E-state index contributed by atoms with van der Waals surface area (Å²) in [4.78, 5) is 14.5. The molecule has 28 heavy (non-hydrogen) atoms. The standard InChI is InChI=1S/C22H20N2O3S/c1-12-19-21(18-4-3-9-28-18)20-16(23-22(19)27-24-12)10-14(11-17(20)25)13-5-7-15(26-2)8-6-13/h3-9,14,21,23H,10-11H2,1-2H3/t14-,21+/m0/s1. The number of anilines is 1. The molecule has 1 aliphatic carbocycles. The van der Waals surface area contributed by atoms with Crippen molar-refractivity contribution in [3.63, 3.8) is 0 Å². The highest BCUT2D eigenvalue weighted by atomic mass is 32.1. The van der Waals surface area contributed by atoms with E-state index in [1.165, 1.54) is 0 Å². The van der Waals surface area contributed by atoms with Crippen molar-refractivity contribution in [1.82, 2.24) is 5.16 Å². The number of carbonyl (C=O) groups excluding carboxylic acids is 1.